The van der Waals surface area contributed by atoms with Crippen molar-refractivity contribution in [3.05, 3.63) is 0 Å². The minimum Gasteiger partial charge on any atom is -0.480 e. The number of carbonyl (C=O) groups excluding carboxylic acids is 3. The van der Waals surface area contributed by atoms with E-state index in [2.05, 4.69) is 15.4 Å². The monoisotopic (exact) mass is 287 g/mol. The molecule has 112 valence electrons. The van der Waals surface area contributed by atoms with Gasteiger partial charge in [0.15, 0.2) is 0 Å². The molecule has 0 aromatic heterocycles. The number of likely N-dealkylation sites (tertiary alicyclic amines) is 1. The highest BCUT2D eigenvalue weighted by Crippen LogP contribution is 2.08. The Balaban J connectivity index is 2.27. The normalized spacial score (nSPS) is 17.6. The van der Waals surface area contributed by atoms with Gasteiger partial charge in [0.1, 0.15) is 13.2 Å². The molecular weight excluding hydrogens is 270 g/mol. The van der Waals surface area contributed by atoms with Gasteiger partial charge < -0.3 is 20.1 Å². The Morgan fingerprint density at radius 2 is 2.00 bits per heavy atom. The Morgan fingerprint density at radius 1 is 1.30 bits per heavy atom. The molecule has 1 heterocycles. The lowest BCUT2D eigenvalue weighted by Gasteiger charge is -2.16. The molecule has 1 aliphatic heterocycles. The highest BCUT2D eigenvalue weighted by molar-refractivity contribution is 5.95. The van der Waals surface area contributed by atoms with E-state index >= 15 is 0 Å². The molecule has 0 bridgehead atoms. The standard InChI is InChI=1S/C11H17N3O6/c1-7(15)12-8-2-3-14(4-8)11(19)13-9(16)5-20-6-10(17)18/h8H,2-6H2,1H3,(H,12,15)(H,17,18)(H,13,16,19). The van der Waals surface area contributed by atoms with E-state index in [1.165, 1.54) is 11.8 Å². The first-order chi connectivity index (χ1) is 9.38. The Bertz CT molecular complexity index is 411. The third kappa shape index (κ3) is 5.65. The van der Waals surface area contributed by atoms with Gasteiger partial charge in [-0.3, -0.25) is 14.9 Å². The molecule has 4 amide bonds. The van der Waals surface area contributed by atoms with Crippen LogP contribution in [0.25, 0.3) is 0 Å². The van der Waals surface area contributed by atoms with Crippen molar-refractivity contribution < 1.29 is 29.0 Å². The van der Waals surface area contributed by atoms with Gasteiger partial charge in [-0.05, 0) is 6.42 Å². The summed E-state index contributed by atoms with van der Waals surface area (Å²) in [6.07, 6.45) is 0.622. The average Bonchev–Trinajstić information content (AvgIpc) is 2.75. The van der Waals surface area contributed by atoms with Gasteiger partial charge in [-0.15, -0.1) is 0 Å². The van der Waals surface area contributed by atoms with Crippen LogP contribution in [0.4, 0.5) is 4.79 Å². The zero-order valence-corrected chi connectivity index (χ0v) is 11.0. The fourth-order valence-electron chi connectivity index (χ4n) is 1.82. The molecule has 0 aromatic rings. The van der Waals surface area contributed by atoms with Gasteiger partial charge in [0.25, 0.3) is 5.91 Å². The number of hydrogen-bond acceptors (Lipinski definition) is 5. The Morgan fingerprint density at radius 3 is 2.60 bits per heavy atom. The fourth-order valence-corrected chi connectivity index (χ4v) is 1.82. The van der Waals surface area contributed by atoms with E-state index in [-0.39, 0.29) is 11.9 Å². The summed E-state index contributed by atoms with van der Waals surface area (Å²) in [5, 5.41) is 13.1. The minimum atomic E-state index is -1.19. The number of carboxylic acids is 1. The van der Waals surface area contributed by atoms with Crippen LogP contribution in [0.3, 0.4) is 0 Å². The van der Waals surface area contributed by atoms with Crippen LogP contribution in [0.2, 0.25) is 0 Å². The van der Waals surface area contributed by atoms with Gasteiger partial charge >= 0.3 is 12.0 Å². The number of urea groups is 1. The van der Waals surface area contributed by atoms with Crippen LogP contribution in [0.5, 0.6) is 0 Å². The molecule has 0 aliphatic carbocycles. The smallest absolute Gasteiger partial charge is 0.329 e. The van der Waals surface area contributed by atoms with Crippen LogP contribution in [0, 0.1) is 0 Å². The molecule has 1 unspecified atom stereocenters. The molecule has 9 nitrogen and oxygen atoms in total. The molecule has 1 atom stereocenters. The number of rotatable bonds is 5. The van der Waals surface area contributed by atoms with Crippen molar-refractivity contribution in [2.45, 2.75) is 19.4 Å². The molecule has 0 spiro atoms. The minimum absolute atomic E-state index is 0.114. The summed E-state index contributed by atoms with van der Waals surface area (Å²) < 4.78 is 4.55. The number of aliphatic carboxylic acids is 1. The molecule has 1 aliphatic rings. The SMILES string of the molecule is CC(=O)NC1CCN(C(=O)NC(=O)COCC(=O)O)C1. The first kappa shape index (κ1) is 15.9. The van der Waals surface area contributed by atoms with Crippen molar-refractivity contribution in [2.75, 3.05) is 26.3 Å². The Kier molecular flexibility index (Phi) is 5.91. The van der Waals surface area contributed by atoms with Gasteiger partial charge in [-0.2, -0.15) is 0 Å². The van der Waals surface area contributed by atoms with E-state index in [1.54, 1.807) is 0 Å². The third-order valence-corrected chi connectivity index (χ3v) is 2.59. The van der Waals surface area contributed by atoms with Crippen molar-refractivity contribution in [1.29, 1.82) is 0 Å². The first-order valence-electron chi connectivity index (χ1n) is 6.04. The molecule has 1 fully saturated rings. The second-order valence-corrected chi connectivity index (χ2v) is 4.37. The second kappa shape index (κ2) is 7.43. The fraction of sp³-hybridized carbons (Fsp3) is 0.636. The summed E-state index contributed by atoms with van der Waals surface area (Å²) in [6.45, 7) is 1.05. The zero-order valence-electron chi connectivity index (χ0n) is 11.0. The summed E-state index contributed by atoms with van der Waals surface area (Å²) in [5.74, 6) is -2.07. The van der Waals surface area contributed by atoms with Crippen LogP contribution >= 0.6 is 0 Å². The summed E-state index contributed by atoms with van der Waals surface area (Å²) in [4.78, 5) is 45.4. The largest absolute Gasteiger partial charge is 0.480 e. The van der Waals surface area contributed by atoms with Gasteiger partial charge in [-0.1, -0.05) is 0 Å². The summed E-state index contributed by atoms with van der Waals surface area (Å²) in [5.41, 5.74) is 0. The maximum absolute atomic E-state index is 11.7. The second-order valence-electron chi connectivity index (χ2n) is 4.37. The van der Waals surface area contributed by atoms with Crippen LogP contribution < -0.4 is 10.6 Å². The number of carboxylic acid groups (broad SMARTS) is 1. The van der Waals surface area contributed by atoms with E-state index < -0.39 is 31.1 Å². The molecule has 1 rings (SSSR count). The van der Waals surface area contributed by atoms with Crippen molar-refractivity contribution in [1.82, 2.24) is 15.5 Å². The van der Waals surface area contributed by atoms with Gasteiger partial charge in [0, 0.05) is 26.1 Å². The van der Waals surface area contributed by atoms with Crippen molar-refractivity contribution in [3.63, 3.8) is 0 Å². The number of imide groups is 1. The van der Waals surface area contributed by atoms with E-state index in [0.29, 0.717) is 19.5 Å². The highest BCUT2D eigenvalue weighted by atomic mass is 16.5. The number of hydrogen-bond donors (Lipinski definition) is 3. The van der Waals surface area contributed by atoms with Crippen LogP contribution in [-0.4, -0.2) is 66.2 Å². The summed E-state index contributed by atoms with van der Waals surface area (Å²) in [7, 11) is 0. The molecule has 1 saturated heterocycles. The maximum atomic E-state index is 11.7. The van der Waals surface area contributed by atoms with E-state index in [4.69, 9.17) is 5.11 Å². The first-order valence-corrected chi connectivity index (χ1v) is 6.04. The molecule has 9 heteroatoms. The Labute approximate surface area is 115 Å². The van der Waals surface area contributed by atoms with Crippen LogP contribution in [0.15, 0.2) is 0 Å². The number of ether oxygens (including phenoxy) is 1. The topological polar surface area (TPSA) is 125 Å². The average molecular weight is 287 g/mol. The Hall–Kier alpha value is -2.16. The van der Waals surface area contributed by atoms with Crippen molar-refractivity contribution in [3.8, 4) is 0 Å². The molecule has 0 saturated carbocycles. The molecule has 20 heavy (non-hydrogen) atoms. The molecular formula is C11H17N3O6. The highest BCUT2D eigenvalue weighted by Gasteiger charge is 2.27. The summed E-state index contributed by atoms with van der Waals surface area (Å²) in [6, 6.07) is -0.696. The lowest BCUT2D eigenvalue weighted by atomic mass is 10.3. The third-order valence-electron chi connectivity index (χ3n) is 2.59. The quantitative estimate of drug-likeness (QED) is 0.567. The number of carbonyl (C=O) groups is 4. The molecule has 0 radical (unpaired) electrons. The van der Waals surface area contributed by atoms with Crippen molar-refractivity contribution in [2.24, 2.45) is 0 Å². The van der Waals surface area contributed by atoms with Gasteiger partial charge in [0.2, 0.25) is 5.91 Å². The molecule has 3 N–H and O–H groups in total. The maximum Gasteiger partial charge on any atom is 0.329 e. The number of nitrogens with one attached hydrogen (secondary N) is 2. The number of nitrogens with zero attached hydrogens (tertiary/aromatic N) is 1. The summed E-state index contributed by atoms with van der Waals surface area (Å²) >= 11 is 0. The zero-order chi connectivity index (χ0) is 15.1. The van der Waals surface area contributed by atoms with E-state index in [9.17, 15) is 19.2 Å². The van der Waals surface area contributed by atoms with E-state index in [1.807, 2.05) is 0 Å². The molecule has 0 aromatic carbocycles. The van der Waals surface area contributed by atoms with Gasteiger partial charge in [0.05, 0.1) is 0 Å². The lowest BCUT2D eigenvalue weighted by molar-refractivity contribution is -0.143. The predicted octanol–water partition coefficient (Wildman–Crippen LogP) is -1.47. The van der Waals surface area contributed by atoms with Crippen LogP contribution in [-0.2, 0) is 19.1 Å². The van der Waals surface area contributed by atoms with Crippen LogP contribution in [0.1, 0.15) is 13.3 Å². The lowest BCUT2D eigenvalue weighted by Crippen LogP contribution is -2.44. The number of amides is 4. The predicted molar refractivity (Wildman–Crippen MR) is 65.8 cm³/mol. The van der Waals surface area contributed by atoms with Gasteiger partial charge in [-0.25, -0.2) is 9.59 Å². The van der Waals surface area contributed by atoms with Crippen molar-refractivity contribution >= 4 is 23.8 Å². The van der Waals surface area contributed by atoms with E-state index in [0.717, 1.165) is 0 Å².